The molecule has 0 heterocycles. The lowest BCUT2D eigenvalue weighted by molar-refractivity contribution is 0.102. The molecule has 1 unspecified atom stereocenters. The van der Waals surface area contributed by atoms with E-state index in [0.717, 1.165) is 11.7 Å². The van der Waals surface area contributed by atoms with Gasteiger partial charge in [0.2, 0.25) is 0 Å². The predicted octanol–water partition coefficient (Wildman–Crippen LogP) is 12.4. The first-order chi connectivity index (χ1) is 32.0. The maximum atomic E-state index is 15.4. The molecule has 0 bridgehead atoms. The number of Topliss-reactive ketones (excluding diaryl/α,β-unsaturated/α-hetero) is 1. The molecule has 5 aromatic rings. The van der Waals surface area contributed by atoms with Gasteiger partial charge in [-0.05, 0) is 21.4 Å². The number of benzene rings is 5. The predicted molar refractivity (Wildman–Crippen MR) is 216 cm³/mol. The molecular weight excluding hydrogens is 978 g/mol. The van der Waals surface area contributed by atoms with Crippen molar-refractivity contribution in [2.75, 3.05) is 12.3 Å². The minimum atomic E-state index is -7.22. The van der Waals surface area contributed by atoms with E-state index in [9.17, 15) is 57.5 Å². The second-order valence-electron chi connectivity index (χ2n) is 15.4. The van der Waals surface area contributed by atoms with Crippen LogP contribution in [0.5, 0.6) is 0 Å². The largest absolute Gasteiger partial charge is 0.290 e. The average molecular weight is 1010 g/mol. The fourth-order valence-corrected chi connectivity index (χ4v) is 9.08. The molecule has 0 saturated carbocycles. The van der Waals surface area contributed by atoms with E-state index in [4.69, 9.17) is 0 Å². The first kappa shape index (κ1) is 55.5. The molecule has 23 heteroatoms. The van der Waals surface area contributed by atoms with Crippen molar-refractivity contribution >= 4 is 42.4 Å². The van der Waals surface area contributed by atoms with Gasteiger partial charge in [-0.3, -0.25) is 4.79 Å². The van der Waals surface area contributed by atoms with Crippen molar-refractivity contribution in [2.24, 2.45) is 0 Å². The molecule has 0 spiro atoms. The molecule has 0 radical (unpaired) electrons. The zero-order valence-electron chi connectivity index (χ0n) is 35.2. The summed E-state index contributed by atoms with van der Waals surface area (Å²) in [6.07, 6.45) is 10.3. The SMILES string of the molecule is CCCCCCCCCCCCC[PH2+]CC(=O)c1ccccc1.Fc1c(F)c(F)c([B-](c2c(F)c(F)c(F)c(F)c2F)(c2c(F)c(F)c(F)c(F)c2F)c2c(F)c(F)c(F)c(F)c2F)c(F)c1F. The molecule has 0 aliphatic heterocycles. The summed E-state index contributed by atoms with van der Waals surface area (Å²) < 4.78 is 294. The molecule has 0 aliphatic carbocycles. The Bertz CT molecular complexity index is 2250. The van der Waals surface area contributed by atoms with Crippen LogP contribution in [0.1, 0.15) is 87.9 Å². The van der Waals surface area contributed by atoms with E-state index >= 15 is 35.1 Å². The van der Waals surface area contributed by atoms with E-state index in [1.165, 1.54) is 76.8 Å². The van der Waals surface area contributed by atoms with Gasteiger partial charge in [0.25, 0.3) is 0 Å². The molecule has 0 aromatic heterocycles. The fraction of sp³-hybridized carbons (Fsp3) is 0.311. The first-order valence-electron chi connectivity index (χ1n) is 20.7. The Morgan fingerprint density at radius 2 is 0.588 bits per heavy atom. The normalized spacial score (nSPS) is 11.8. The van der Waals surface area contributed by atoms with Crippen molar-refractivity contribution in [3.63, 3.8) is 0 Å². The molecule has 5 aromatic carbocycles. The van der Waals surface area contributed by atoms with Crippen molar-refractivity contribution < 1.29 is 92.6 Å². The van der Waals surface area contributed by atoms with Crippen molar-refractivity contribution in [2.45, 2.75) is 77.6 Å². The number of carbonyl (C=O) groups excluding carboxylic acids is 1. The first-order valence-corrected chi connectivity index (χ1v) is 22.3. The average Bonchev–Trinajstić information content (AvgIpc) is 3.33. The van der Waals surface area contributed by atoms with Gasteiger partial charge >= 0.3 is 0 Å². The molecule has 1 nitrogen and oxygen atoms in total. The van der Waals surface area contributed by atoms with Crippen LogP contribution in [-0.4, -0.2) is 24.3 Å². The summed E-state index contributed by atoms with van der Waals surface area (Å²) in [5.74, 6) is -71.1. The summed E-state index contributed by atoms with van der Waals surface area (Å²) in [4.78, 5) is 12.0. The third kappa shape index (κ3) is 10.8. The molecule has 0 aliphatic rings. The Hall–Kier alpha value is -5.14. The van der Waals surface area contributed by atoms with Crippen LogP contribution in [-0.2, 0) is 0 Å². The van der Waals surface area contributed by atoms with Gasteiger partial charge in [0.1, 0.15) is 58.8 Å². The Morgan fingerprint density at radius 1 is 0.353 bits per heavy atom. The van der Waals surface area contributed by atoms with Crippen molar-refractivity contribution in [1.82, 2.24) is 0 Å². The summed E-state index contributed by atoms with van der Waals surface area (Å²) >= 11 is 0. The minimum absolute atomic E-state index is 0.307. The maximum absolute atomic E-state index is 15.4. The number of ketones is 1. The molecular formula is C45H36BF20OP. The zero-order valence-corrected chi connectivity index (χ0v) is 36.4. The summed E-state index contributed by atoms with van der Waals surface area (Å²) in [5.41, 5.74) is -13.4. The van der Waals surface area contributed by atoms with Crippen molar-refractivity contribution in [3.05, 3.63) is 152 Å². The Balaban J connectivity index is 0.000000369. The summed E-state index contributed by atoms with van der Waals surface area (Å²) in [7, 11) is 0.307. The van der Waals surface area contributed by atoms with Crippen LogP contribution in [0.25, 0.3) is 0 Å². The van der Waals surface area contributed by atoms with E-state index in [1.54, 1.807) is 0 Å². The van der Waals surface area contributed by atoms with Crippen LogP contribution in [0.2, 0.25) is 0 Å². The minimum Gasteiger partial charge on any atom is -0.290 e. The topological polar surface area (TPSA) is 17.1 Å². The zero-order chi connectivity index (χ0) is 50.9. The third-order valence-corrected chi connectivity index (χ3v) is 12.6. The van der Waals surface area contributed by atoms with Gasteiger partial charge < -0.3 is 0 Å². The Kier molecular flexibility index (Phi) is 19.5. The van der Waals surface area contributed by atoms with Gasteiger partial charge in [-0.25, -0.2) is 87.8 Å². The lowest BCUT2D eigenvalue weighted by Gasteiger charge is -2.44. The van der Waals surface area contributed by atoms with Gasteiger partial charge in [0.15, 0.2) is 75.6 Å². The highest BCUT2D eigenvalue weighted by Gasteiger charge is 2.52. The highest BCUT2D eigenvalue weighted by molar-refractivity contribution is 7.39. The quantitative estimate of drug-likeness (QED) is 0.0153. The monoisotopic (exact) mass is 1010 g/mol. The van der Waals surface area contributed by atoms with E-state index < -0.39 is 144 Å². The molecule has 0 fully saturated rings. The standard InChI is InChI=1S/C24BF20.C21H35OP/c26-5-1(6(27)14(35)21(42)13(5)34)25(2-7(28)15(36)22(43)16(37)8(2)29,3-9(30)17(38)23(44)18(39)10(3)31)4-11(32)19(40)24(45)20(41)12(4)33;1-2-3-4-5-6-7-8-9-10-11-15-18-23-19-21(22)20-16-13-12-14-17-20/h;12-14,16-17,23H,2-11,15,18-19H2,1H3/q-1;/p+1. The van der Waals surface area contributed by atoms with Gasteiger partial charge in [0, 0.05) is 5.56 Å². The summed E-state index contributed by atoms with van der Waals surface area (Å²) in [6, 6.07) is 9.74. The second-order valence-corrected chi connectivity index (χ2v) is 17.0. The molecule has 0 N–H and O–H groups in total. The molecule has 68 heavy (non-hydrogen) atoms. The number of halogens is 20. The second kappa shape index (κ2) is 23.9. The van der Waals surface area contributed by atoms with E-state index in [1.807, 2.05) is 30.3 Å². The lowest BCUT2D eigenvalue weighted by atomic mass is 9.12. The lowest BCUT2D eigenvalue weighted by Crippen LogP contribution is -2.81. The van der Waals surface area contributed by atoms with Crippen LogP contribution < -0.4 is 21.9 Å². The van der Waals surface area contributed by atoms with Crippen molar-refractivity contribution in [3.8, 4) is 0 Å². The fourth-order valence-electron chi connectivity index (χ4n) is 7.80. The molecule has 0 saturated heterocycles. The Morgan fingerprint density at radius 3 is 0.853 bits per heavy atom. The summed E-state index contributed by atoms with van der Waals surface area (Å²) in [6.45, 7) is 2.28. The maximum Gasteiger partial charge on any atom is 0.200 e. The highest BCUT2D eigenvalue weighted by atomic mass is 31.1. The van der Waals surface area contributed by atoms with E-state index in [2.05, 4.69) is 6.92 Å². The number of rotatable bonds is 19. The van der Waals surface area contributed by atoms with E-state index in [-0.39, 0.29) is 0 Å². The number of hydrogen-bond donors (Lipinski definition) is 0. The molecule has 5 rings (SSSR count). The molecule has 0 amide bonds. The van der Waals surface area contributed by atoms with Gasteiger partial charge in [-0.2, -0.15) is 0 Å². The van der Waals surface area contributed by atoms with Crippen molar-refractivity contribution in [1.29, 1.82) is 0 Å². The van der Waals surface area contributed by atoms with Crippen LogP contribution in [0.15, 0.2) is 30.3 Å². The number of hydrogen-bond acceptors (Lipinski definition) is 1. The highest BCUT2D eigenvalue weighted by Crippen LogP contribution is 2.31. The smallest absolute Gasteiger partial charge is 0.200 e. The van der Waals surface area contributed by atoms with Crippen LogP contribution >= 0.6 is 8.58 Å². The van der Waals surface area contributed by atoms with Crippen LogP contribution in [0.3, 0.4) is 0 Å². The number of unbranched alkanes of at least 4 members (excludes halogenated alkanes) is 10. The Labute approximate surface area is 376 Å². The molecule has 370 valence electrons. The van der Waals surface area contributed by atoms with E-state index in [0.29, 0.717) is 14.4 Å². The molecule has 1 atom stereocenters. The van der Waals surface area contributed by atoms with Gasteiger partial charge in [-0.15, -0.1) is 21.9 Å². The van der Waals surface area contributed by atoms with Crippen LogP contribution in [0.4, 0.5) is 87.8 Å². The van der Waals surface area contributed by atoms with Crippen LogP contribution in [0, 0.1) is 116 Å². The van der Waals surface area contributed by atoms with Gasteiger partial charge in [0.05, 0.1) is 6.16 Å². The summed E-state index contributed by atoms with van der Waals surface area (Å²) in [5, 5.41) is 0. The number of carbonyl (C=O) groups is 1. The third-order valence-electron chi connectivity index (χ3n) is 11.1. The van der Waals surface area contributed by atoms with Gasteiger partial charge in [-0.1, -0.05) is 95.0 Å².